The van der Waals surface area contributed by atoms with E-state index in [1.165, 1.54) is 44.9 Å². The monoisotopic (exact) mass is 420 g/mol. The summed E-state index contributed by atoms with van der Waals surface area (Å²) >= 11 is 0. The van der Waals surface area contributed by atoms with E-state index in [4.69, 9.17) is 8.92 Å². The second-order valence-corrected chi connectivity index (χ2v) is 9.35. The van der Waals surface area contributed by atoms with Gasteiger partial charge < -0.3 is 4.74 Å². The highest BCUT2D eigenvalue weighted by molar-refractivity contribution is 7.86. The van der Waals surface area contributed by atoms with E-state index in [9.17, 15) is 8.42 Å². The van der Waals surface area contributed by atoms with Crippen molar-refractivity contribution in [2.75, 3.05) is 6.61 Å². The zero-order valence-corrected chi connectivity index (χ0v) is 18.7. The van der Waals surface area contributed by atoms with Gasteiger partial charge in [-0.25, -0.2) is 0 Å². The molecule has 0 aromatic heterocycles. The third kappa shape index (κ3) is 9.75. The maximum Gasteiger partial charge on any atom is 0.297 e. The fourth-order valence-corrected chi connectivity index (χ4v) is 4.04. The minimum absolute atomic E-state index is 0.0616. The van der Waals surface area contributed by atoms with E-state index < -0.39 is 10.1 Å². The van der Waals surface area contributed by atoms with Crippen LogP contribution in [-0.4, -0.2) is 27.2 Å². The quantitative estimate of drug-likeness (QED) is 0.149. The number of hydrogen-bond acceptors (Lipinski definition) is 4. The van der Waals surface area contributed by atoms with Crippen LogP contribution in [0.4, 0.5) is 0 Å². The molecule has 4 nitrogen and oxygen atoms in total. The normalized spacial score (nSPS) is 19.4. The van der Waals surface area contributed by atoms with Crippen LogP contribution < -0.4 is 0 Å². The van der Waals surface area contributed by atoms with Gasteiger partial charge in [0.2, 0.25) is 0 Å². The van der Waals surface area contributed by atoms with Crippen molar-refractivity contribution in [2.45, 2.75) is 88.7 Å². The molecule has 2 rings (SSSR count). The summed E-state index contributed by atoms with van der Waals surface area (Å²) in [5, 5.41) is 0. The van der Waals surface area contributed by atoms with E-state index in [2.05, 4.69) is 31.2 Å². The van der Waals surface area contributed by atoms with Crippen molar-refractivity contribution in [1.29, 1.82) is 0 Å². The van der Waals surface area contributed by atoms with Crippen LogP contribution in [0, 0.1) is 6.92 Å². The third-order valence-electron chi connectivity index (χ3n) is 5.08. The first-order valence-electron chi connectivity index (χ1n) is 10.9. The Labute approximate surface area is 177 Å². The van der Waals surface area contributed by atoms with Gasteiger partial charge in [-0.05, 0) is 44.7 Å². The van der Waals surface area contributed by atoms with Crippen molar-refractivity contribution in [3.05, 3.63) is 54.1 Å². The van der Waals surface area contributed by atoms with Crippen molar-refractivity contribution >= 4 is 10.1 Å². The van der Waals surface area contributed by atoms with Gasteiger partial charge in [-0.1, -0.05) is 81.0 Å². The summed E-state index contributed by atoms with van der Waals surface area (Å²) in [6, 6.07) is 6.66. The summed E-state index contributed by atoms with van der Waals surface area (Å²) in [4.78, 5) is 0.188. The molecule has 0 unspecified atom stereocenters. The Morgan fingerprint density at radius 1 is 0.931 bits per heavy atom. The average molecular weight is 421 g/mol. The van der Waals surface area contributed by atoms with Gasteiger partial charge in [0.05, 0.1) is 17.6 Å². The number of unbranched alkanes of at least 4 members (excludes halogenated alkanes) is 6. The van der Waals surface area contributed by atoms with Crippen LogP contribution in [0.15, 0.2) is 53.5 Å². The standard InChI is InChI=1S/C24H36O4S/c1-3-4-5-6-7-8-9-10-11-12-13-14-15-23-24(28-23)20-27-29(25,26)22-18-16-21(2)17-19-22/h10-11,13-14,16-19,23-24H,3-9,12,15,20H2,1-2H3/b11-10-,14-13-/t23-,24+/m1/s1. The predicted molar refractivity (Wildman–Crippen MR) is 118 cm³/mol. The van der Waals surface area contributed by atoms with Crippen molar-refractivity contribution in [2.24, 2.45) is 0 Å². The molecule has 1 fully saturated rings. The average Bonchev–Trinajstić information content (AvgIpc) is 3.46. The Balaban J connectivity index is 1.52. The molecule has 0 bridgehead atoms. The lowest BCUT2D eigenvalue weighted by molar-refractivity contribution is 0.263. The van der Waals surface area contributed by atoms with Crippen LogP contribution in [0.25, 0.3) is 0 Å². The summed E-state index contributed by atoms with van der Waals surface area (Å²) in [7, 11) is -3.71. The van der Waals surface area contributed by atoms with Crippen LogP contribution >= 0.6 is 0 Å². The number of benzene rings is 1. The van der Waals surface area contributed by atoms with E-state index in [0.29, 0.717) is 0 Å². The highest BCUT2D eigenvalue weighted by Crippen LogP contribution is 2.27. The predicted octanol–water partition coefficient (Wildman–Crippen LogP) is 6.11. The topological polar surface area (TPSA) is 55.9 Å². The molecule has 1 saturated heterocycles. The minimum Gasteiger partial charge on any atom is -0.367 e. The van der Waals surface area contributed by atoms with E-state index in [0.717, 1.165) is 18.4 Å². The highest BCUT2D eigenvalue weighted by Gasteiger charge is 2.39. The van der Waals surface area contributed by atoms with Crippen LogP contribution in [0.3, 0.4) is 0 Å². The van der Waals surface area contributed by atoms with Crippen molar-refractivity contribution in [1.82, 2.24) is 0 Å². The zero-order valence-electron chi connectivity index (χ0n) is 17.9. The minimum atomic E-state index is -3.71. The molecule has 0 aliphatic carbocycles. The van der Waals surface area contributed by atoms with Crippen molar-refractivity contribution in [3.63, 3.8) is 0 Å². The van der Waals surface area contributed by atoms with E-state index in [1.54, 1.807) is 24.3 Å². The van der Waals surface area contributed by atoms with Gasteiger partial charge in [-0.3, -0.25) is 4.18 Å². The van der Waals surface area contributed by atoms with Crippen molar-refractivity contribution in [3.8, 4) is 0 Å². The fourth-order valence-electron chi connectivity index (χ4n) is 3.12. The first kappa shape index (κ1) is 23.8. The molecule has 2 atom stereocenters. The van der Waals surface area contributed by atoms with Gasteiger partial charge in [0.25, 0.3) is 10.1 Å². The molecule has 0 N–H and O–H groups in total. The molecule has 5 heteroatoms. The number of ether oxygens (including phenoxy) is 1. The van der Waals surface area contributed by atoms with Gasteiger partial charge in [0.15, 0.2) is 0 Å². The lowest BCUT2D eigenvalue weighted by atomic mass is 10.1. The van der Waals surface area contributed by atoms with Crippen LogP contribution in [0.2, 0.25) is 0 Å². The molecule has 1 heterocycles. The second kappa shape index (κ2) is 13.0. The zero-order chi connectivity index (χ0) is 21.0. The lowest BCUT2D eigenvalue weighted by Crippen LogP contribution is -2.12. The Morgan fingerprint density at radius 2 is 1.62 bits per heavy atom. The molecule has 1 aromatic rings. The van der Waals surface area contributed by atoms with E-state index in [-0.39, 0.29) is 23.7 Å². The van der Waals surface area contributed by atoms with E-state index >= 15 is 0 Å². The van der Waals surface area contributed by atoms with Gasteiger partial charge in [-0.2, -0.15) is 8.42 Å². The molecule has 0 radical (unpaired) electrons. The number of epoxide rings is 1. The lowest BCUT2D eigenvalue weighted by Gasteiger charge is -2.04. The maximum atomic E-state index is 12.2. The Morgan fingerprint density at radius 3 is 2.38 bits per heavy atom. The smallest absolute Gasteiger partial charge is 0.297 e. The second-order valence-electron chi connectivity index (χ2n) is 7.74. The van der Waals surface area contributed by atoms with Crippen LogP contribution in [-0.2, 0) is 19.0 Å². The highest BCUT2D eigenvalue weighted by atomic mass is 32.2. The van der Waals surface area contributed by atoms with E-state index in [1.807, 2.05) is 6.92 Å². The molecule has 1 aliphatic rings. The molecule has 162 valence electrons. The van der Waals surface area contributed by atoms with Gasteiger partial charge in [0, 0.05) is 0 Å². The Kier molecular flexibility index (Phi) is 10.7. The molecule has 0 amide bonds. The molecule has 1 aromatic carbocycles. The molecular formula is C24H36O4S. The fraction of sp³-hybridized carbons (Fsp3) is 0.583. The van der Waals surface area contributed by atoms with Crippen LogP contribution in [0.1, 0.15) is 70.3 Å². The van der Waals surface area contributed by atoms with Gasteiger partial charge >= 0.3 is 0 Å². The van der Waals surface area contributed by atoms with Gasteiger partial charge in [-0.15, -0.1) is 0 Å². The summed E-state index contributed by atoms with van der Waals surface area (Å²) in [6.07, 6.45) is 19.6. The molecule has 0 saturated carbocycles. The first-order valence-corrected chi connectivity index (χ1v) is 12.4. The largest absolute Gasteiger partial charge is 0.367 e. The van der Waals surface area contributed by atoms with Crippen LogP contribution in [0.5, 0.6) is 0 Å². The molecule has 29 heavy (non-hydrogen) atoms. The van der Waals surface area contributed by atoms with Crippen molar-refractivity contribution < 1.29 is 17.3 Å². The summed E-state index contributed by atoms with van der Waals surface area (Å²) in [5.74, 6) is 0. The summed E-state index contributed by atoms with van der Waals surface area (Å²) in [5.41, 5.74) is 1.01. The summed E-state index contributed by atoms with van der Waals surface area (Å²) < 4.78 is 35.0. The molecule has 1 aliphatic heterocycles. The Bertz CT molecular complexity index is 735. The maximum absolute atomic E-state index is 12.2. The third-order valence-corrected chi connectivity index (χ3v) is 6.38. The van der Waals surface area contributed by atoms with Gasteiger partial charge in [0.1, 0.15) is 6.10 Å². The molecule has 0 spiro atoms. The number of allylic oxidation sites excluding steroid dienone is 3. The summed E-state index contributed by atoms with van der Waals surface area (Å²) in [6.45, 7) is 4.24. The Hall–Kier alpha value is -1.43. The SMILES string of the molecule is CCCCCCCC/C=C\C/C=C\C[C@H]1O[C@H]1COS(=O)(=O)c1ccc(C)cc1. The number of rotatable bonds is 15. The number of aryl methyl sites for hydroxylation is 1. The number of hydrogen-bond donors (Lipinski definition) is 0. The first-order chi connectivity index (χ1) is 14.0. The molecular weight excluding hydrogens is 384 g/mol.